The number of nitrogens with one attached hydrogen (secondary N) is 1. The standard InChI is InChI=1S/C17H33NO3.C16H31NO4.C11H23NO2/c1-6-13-20-15-9-7-14(8-10-15)11-12-18(5)16(19)21-17(2,3)4;1-16(2,3)21-15(19)17(4)10-9-13-5-7-14(8-6-13)20-12-11-18;1-12-7-6-10-2-4-11(5-3-10)14-9-8-13/h14-15H,6-13H2,1-5H3;13-14,18H,5-12H2,1-4H3;10-13H,2-9H2,1H3. The topological polar surface area (TPSA) is 139 Å². The van der Waals surface area contributed by atoms with E-state index in [1.165, 1.54) is 57.8 Å². The molecule has 3 aliphatic rings. The highest BCUT2D eigenvalue weighted by atomic mass is 16.6. The summed E-state index contributed by atoms with van der Waals surface area (Å²) < 4.78 is 27.6. The summed E-state index contributed by atoms with van der Waals surface area (Å²) in [5.41, 5.74) is -0.854. The molecule has 0 spiro atoms. The Kier molecular flexibility index (Phi) is 27.6. The molecule has 3 N–H and O–H groups in total. The maximum absolute atomic E-state index is 11.9. The molecule has 3 aliphatic carbocycles. The molecule has 3 saturated carbocycles. The first-order chi connectivity index (χ1) is 26.5. The Morgan fingerprint density at radius 2 is 0.893 bits per heavy atom. The predicted octanol–water partition coefficient (Wildman–Crippen LogP) is 8.20. The molecule has 0 bridgehead atoms. The van der Waals surface area contributed by atoms with Crippen molar-refractivity contribution in [3.05, 3.63) is 0 Å². The van der Waals surface area contributed by atoms with Crippen LogP contribution in [0.4, 0.5) is 9.59 Å². The predicted molar refractivity (Wildman–Crippen MR) is 225 cm³/mol. The third-order valence-electron chi connectivity index (χ3n) is 10.8. The average molecular weight is 802 g/mol. The molecule has 12 nitrogen and oxygen atoms in total. The van der Waals surface area contributed by atoms with Gasteiger partial charge < -0.3 is 49.0 Å². The minimum atomic E-state index is -0.437. The van der Waals surface area contributed by atoms with E-state index < -0.39 is 11.2 Å². The molecule has 0 aliphatic heterocycles. The van der Waals surface area contributed by atoms with Gasteiger partial charge in [0.15, 0.2) is 0 Å². The molecule has 0 saturated heterocycles. The van der Waals surface area contributed by atoms with E-state index in [-0.39, 0.29) is 25.4 Å². The number of aliphatic hydroxyl groups excluding tert-OH is 2. The minimum absolute atomic E-state index is 0.0978. The fraction of sp³-hybridized carbons (Fsp3) is 0.955. The molecule has 12 heteroatoms. The van der Waals surface area contributed by atoms with E-state index in [0.717, 1.165) is 83.0 Å². The highest BCUT2D eigenvalue weighted by Crippen LogP contribution is 2.30. The lowest BCUT2D eigenvalue weighted by atomic mass is 9.85. The largest absolute Gasteiger partial charge is 0.444 e. The summed E-state index contributed by atoms with van der Waals surface area (Å²) in [6.45, 7) is 18.2. The molecule has 3 fully saturated rings. The summed E-state index contributed by atoms with van der Waals surface area (Å²) in [5.74, 6) is 2.26. The lowest BCUT2D eigenvalue weighted by molar-refractivity contribution is -0.00159. The smallest absolute Gasteiger partial charge is 0.410 e. The van der Waals surface area contributed by atoms with Crippen molar-refractivity contribution in [2.24, 2.45) is 17.8 Å². The van der Waals surface area contributed by atoms with Crippen LogP contribution in [-0.2, 0) is 23.7 Å². The Labute approximate surface area is 342 Å². The van der Waals surface area contributed by atoms with Crippen molar-refractivity contribution in [3.63, 3.8) is 0 Å². The zero-order chi connectivity index (χ0) is 42.0. The van der Waals surface area contributed by atoms with Crippen LogP contribution in [0, 0.1) is 17.8 Å². The molecule has 56 heavy (non-hydrogen) atoms. The number of aliphatic hydroxyl groups is 2. The van der Waals surface area contributed by atoms with Gasteiger partial charge in [0.05, 0.1) is 44.7 Å². The Balaban J connectivity index is 0.000000429. The van der Waals surface area contributed by atoms with Gasteiger partial charge in [-0.3, -0.25) is 0 Å². The zero-order valence-electron chi connectivity index (χ0n) is 37.6. The number of carbonyl (C=O) groups excluding carboxylic acids is 2. The van der Waals surface area contributed by atoms with Gasteiger partial charge in [0.1, 0.15) is 11.2 Å². The van der Waals surface area contributed by atoms with Crippen molar-refractivity contribution in [2.75, 3.05) is 73.8 Å². The van der Waals surface area contributed by atoms with Gasteiger partial charge in [-0.2, -0.15) is 0 Å². The number of ether oxygens (including phenoxy) is 5. The Morgan fingerprint density at radius 3 is 1.18 bits per heavy atom. The first-order valence-corrected chi connectivity index (χ1v) is 22.1. The van der Waals surface area contributed by atoms with E-state index in [0.29, 0.717) is 37.4 Å². The second kappa shape index (κ2) is 29.5. The maximum Gasteiger partial charge on any atom is 0.410 e. The van der Waals surface area contributed by atoms with Crippen molar-refractivity contribution >= 4 is 12.2 Å². The second-order valence-corrected chi connectivity index (χ2v) is 18.3. The quantitative estimate of drug-likeness (QED) is 0.124. The van der Waals surface area contributed by atoms with E-state index in [1.54, 1.807) is 16.8 Å². The molecule has 0 unspecified atom stereocenters. The van der Waals surface area contributed by atoms with Crippen LogP contribution >= 0.6 is 0 Å². The molecular formula is C44H87N3O9. The SMILES string of the molecule is CCCOC1CCC(CCN(C)C(=O)OC(C)(C)C)CC1.CN(CCC1CCC(OCCO)CC1)C(=O)OC(C)(C)C.CNCCC1CCC(OCCO)CC1. The van der Waals surface area contributed by atoms with E-state index in [2.05, 4.69) is 12.2 Å². The summed E-state index contributed by atoms with van der Waals surface area (Å²) in [6, 6.07) is 0. The Bertz CT molecular complexity index is 903. The van der Waals surface area contributed by atoms with E-state index >= 15 is 0 Å². The molecule has 0 atom stereocenters. The number of hydrogen-bond donors (Lipinski definition) is 3. The van der Waals surface area contributed by atoms with Crippen molar-refractivity contribution in [1.29, 1.82) is 0 Å². The molecule has 0 aromatic heterocycles. The number of amides is 2. The van der Waals surface area contributed by atoms with Gasteiger partial charge in [0, 0.05) is 33.8 Å². The molecule has 0 aromatic carbocycles. The second-order valence-electron chi connectivity index (χ2n) is 18.3. The zero-order valence-corrected chi connectivity index (χ0v) is 37.6. The summed E-state index contributed by atoms with van der Waals surface area (Å²) >= 11 is 0. The van der Waals surface area contributed by atoms with Crippen LogP contribution in [0.5, 0.6) is 0 Å². The normalized spacial score (nSPS) is 24.1. The van der Waals surface area contributed by atoms with Crippen molar-refractivity contribution in [1.82, 2.24) is 15.1 Å². The van der Waals surface area contributed by atoms with Crippen LogP contribution in [0.2, 0.25) is 0 Å². The molecule has 0 aromatic rings. The number of nitrogens with zero attached hydrogens (tertiary/aromatic N) is 2. The van der Waals surface area contributed by atoms with Gasteiger partial charge in [-0.25, -0.2) is 9.59 Å². The van der Waals surface area contributed by atoms with Gasteiger partial charge in [-0.05, 0) is 176 Å². The van der Waals surface area contributed by atoms with E-state index in [9.17, 15) is 9.59 Å². The van der Waals surface area contributed by atoms with Gasteiger partial charge in [-0.1, -0.05) is 6.92 Å². The molecule has 3 rings (SSSR count). The Morgan fingerprint density at radius 1 is 0.571 bits per heavy atom. The molecule has 2 amide bonds. The first kappa shape index (κ1) is 52.3. The Hall–Kier alpha value is -1.70. The minimum Gasteiger partial charge on any atom is -0.444 e. The highest BCUT2D eigenvalue weighted by molar-refractivity contribution is 5.68. The number of rotatable bonds is 18. The van der Waals surface area contributed by atoms with E-state index in [1.807, 2.05) is 55.6 Å². The monoisotopic (exact) mass is 802 g/mol. The fourth-order valence-corrected chi connectivity index (χ4v) is 7.45. The fourth-order valence-electron chi connectivity index (χ4n) is 7.45. The highest BCUT2D eigenvalue weighted by Gasteiger charge is 2.26. The van der Waals surface area contributed by atoms with Crippen LogP contribution < -0.4 is 5.32 Å². The summed E-state index contributed by atoms with van der Waals surface area (Å²) in [4.78, 5) is 27.1. The average Bonchev–Trinajstić information content (AvgIpc) is 3.16. The lowest BCUT2D eigenvalue weighted by Crippen LogP contribution is -2.35. The summed E-state index contributed by atoms with van der Waals surface area (Å²) in [6.07, 6.45) is 19.3. The van der Waals surface area contributed by atoms with Crippen molar-refractivity contribution in [2.45, 2.75) is 181 Å². The van der Waals surface area contributed by atoms with Crippen molar-refractivity contribution < 1.29 is 43.5 Å². The first-order valence-electron chi connectivity index (χ1n) is 22.1. The van der Waals surface area contributed by atoms with Gasteiger partial charge in [-0.15, -0.1) is 0 Å². The number of carbonyl (C=O) groups is 2. The molecule has 0 radical (unpaired) electrons. The molecule has 332 valence electrons. The number of hydrogen-bond acceptors (Lipinski definition) is 10. The van der Waals surface area contributed by atoms with Gasteiger partial charge in [0.25, 0.3) is 0 Å². The van der Waals surface area contributed by atoms with Gasteiger partial charge >= 0.3 is 12.2 Å². The summed E-state index contributed by atoms with van der Waals surface area (Å²) in [7, 11) is 5.63. The van der Waals surface area contributed by atoms with Crippen LogP contribution in [-0.4, -0.2) is 136 Å². The third kappa shape index (κ3) is 26.3. The van der Waals surface area contributed by atoms with Crippen LogP contribution in [0.25, 0.3) is 0 Å². The maximum atomic E-state index is 11.9. The van der Waals surface area contributed by atoms with Crippen LogP contribution in [0.15, 0.2) is 0 Å². The lowest BCUT2D eigenvalue weighted by Gasteiger charge is -2.30. The summed E-state index contributed by atoms with van der Waals surface area (Å²) in [5, 5.41) is 20.6. The van der Waals surface area contributed by atoms with Gasteiger partial charge in [0.2, 0.25) is 0 Å². The van der Waals surface area contributed by atoms with Crippen LogP contribution in [0.1, 0.15) is 151 Å². The van der Waals surface area contributed by atoms with Crippen LogP contribution in [0.3, 0.4) is 0 Å². The van der Waals surface area contributed by atoms with E-state index in [4.69, 9.17) is 33.9 Å². The van der Waals surface area contributed by atoms with Crippen molar-refractivity contribution in [3.8, 4) is 0 Å². The third-order valence-corrected chi connectivity index (χ3v) is 10.8. The molecule has 0 heterocycles. The molecular weight excluding hydrogens is 714 g/mol.